The number of hydrogen-bond donors (Lipinski definition) is 1. The maximum atomic E-state index is 12.3. The number of hydrogen-bond acceptors (Lipinski definition) is 5. The summed E-state index contributed by atoms with van der Waals surface area (Å²) in [4.78, 5) is 12.5. The van der Waals surface area contributed by atoms with Crippen molar-refractivity contribution in [2.45, 2.75) is 43.5 Å². The lowest BCUT2D eigenvalue weighted by Crippen LogP contribution is -2.31. The molecular formula is C21H28ClN3O4S. The molecule has 30 heavy (non-hydrogen) atoms. The van der Waals surface area contributed by atoms with Gasteiger partial charge < -0.3 is 0 Å². The lowest BCUT2D eigenvalue weighted by Gasteiger charge is -2.28. The molecule has 0 spiro atoms. The molecule has 0 aliphatic carbocycles. The topological polar surface area (TPSA) is 92.5 Å². The fourth-order valence-electron chi connectivity index (χ4n) is 3.68. The van der Waals surface area contributed by atoms with Gasteiger partial charge in [-0.25, -0.2) is 13.1 Å². The number of nitro groups is 1. The molecule has 1 heterocycles. The molecule has 0 aromatic heterocycles. The predicted octanol–water partition coefficient (Wildman–Crippen LogP) is 3.91. The standard InChI is InChI=1S/C21H27N3O4S.ClH/c25-24(26)20-11-5-6-12-21(20)29(27,28)22-14-7-1-2-8-15-23-16-13-18-9-3-4-10-19(18)17-23;/h3-6,9-12,22H,1-2,7-8,13-17H2;1H. The lowest BCUT2D eigenvalue weighted by molar-refractivity contribution is -0.387. The molecule has 0 saturated carbocycles. The fraction of sp³-hybridized carbons (Fsp3) is 0.429. The van der Waals surface area contributed by atoms with Crippen molar-refractivity contribution in [2.24, 2.45) is 0 Å². The summed E-state index contributed by atoms with van der Waals surface area (Å²) >= 11 is 0. The number of nitrogens with one attached hydrogen (secondary N) is 1. The molecule has 0 amide bonds. The summed E-state index contributed by atoms with van der Waals surface area (Å²) in [5.41, 5.74) is 2.47. The SMILES string of the molecule is Cl.O=[N+]([O-])c1ccccc1S(=O)(=O)NCCCCCCN1CCc2ccccc2C1. The summed E-state index contributed by atoms with van der Waals surface area (Å²) < 4.78 is 27.1. The van der Waals surface area contributed by atoms with Crippen molar-refractivity contribution in [1.82, 2.24) is 9.62 Å². The maximum Gasteiger partial charge on any atom is 0.289 e. The summed E-state index contributed by atoms with van der Waals surface area (Å²) in [6.07, 6.45) is 4.85. The summed E-state index contributed by atoms with van der Waals surface area (Å²) in [6.45, 7) is 3.43. The second kappa shape index (κ2) is 11.4. The van der Waals surface area contributed by atoms with Crippen LogP contribution < -0.4 is 4.72 Å². The van der Waals surface area contributed by atoms with Crippen molar-refractivity contribution in [3.63, 3.8) is 0 Å². The number of nitrogens with zero attached hydrogens (tertiary/aromatic N) is 2. The van der Waals surface area contributed by atoms with E-state index in [1.54, 1.807) is 0 Å². The molecule has 164 valence electrons. The quantitative estimate of drug-likeness (QED) is 0.334. The van der Waals surface area contributed by atoms with Gasteiger partial charge in [-0.1, -0.05) is 49.2 Å². The van der Waals surface area contributed by atoms with Gasteiger partial charge >= 0.3 is 0 Å². The molecule has 7 nitrogen and oxygen atoms in total. The molecule has 3 rings (SSSR count). The minimum absolute atomic E-state index is 0. The van der Waals surface area contributed by atoms with E-state index in [4.69, 9.17) is 0 Å². The molecule has 0 bridgehead atoms. The van der Waals surface area contributed by atoms with E-state index in [0.717, 1.165) is 45.3 Å². The summed E-state index contributed by atoms with van der Waals surface area (Å²) in [5.74, 6) is 0. The maximum absolute atomic E-state index is 12.3. The third-order valence-corrected chi connectivity index (χ3v) is 6.76. The number of sulfonamides is 1. The highest BCUT2D eigenvalue weighted by Crippen LogP contribution is 2.22. The van der Waals surface area contributed by atoms with E-state index in [9.17, 15) is 18.5 Å². The summed E-state index contributed by atoms with van der Waals surface area (Å²) in [5, 5.41) is 11.0. The monoisotopic (exact) mass is 453 g/mol. The summed E-state index contributed by atoms with van der Waals surface area (Å²) in [7, 11) is -3.87. The van der Waals surface area contributed by atoms with Crippen molar-refractivity contribution >= 4 is 28.1 Å². The van der Waals surface area contributed by atoms with Crippen molar-refractivity contribution < 1.29 is 13.3 Å². The Morgan fingerprint density at radius 3 is 2.40 bits per heavy atom. The van der Waals surface area contributed by atoms with Crippen LogP contribution in [0, 0.1) is 10.1 Å². The zero-order valence-corrected chi connectivity index (χ0v) is 18.5. The Labute approximate surface area is 184 Å². The third kappa shape index (κ3) is 6.50. The smallest absolute Gasteiger partial charge is 0.289 e. The zero-order chi connectivity index (χ0) is 20.7. The van der Waals surface area contributed by atoms with Crippen molar-refractivity contribution in [2.75, 3.05) is 19.6 Å². The first-order valence-corrected chi connectivity index (χ1v) is 11.5. The number of benzene rings is 2. The highest BCUT2D eigenvalue weighted by atomic mass is 35.5. The molecule has 0 saturated heterocycles. The summed E-state index contributed by atoms with van der Waals surface area (Å²) in [6, 6.07) is 14.0. The minimum Gasteiger partial charge on any atom is -0.299 e. The van der Waals surface area contributed by atoms with Crippen LogP contribution in [0.15, 0.2) is 53.4 Å². The van der Waals surface area contributed by atoms with E-state index >= 15 is 0 Å². The van der Waals surface area contributed by atoms with Crippen LogP contribution >= 0.6 is 12.4 Å². The average molecular weight is 454 g/mol. The number of para-hydroxylation sites is 1. The molecule has 0 fully saturated rings. The largest absolute Gasteiger partial charge is 0.299 e. The molecule has 0 atom stereocenters. The Morgan fingerprint density at radius 1 is 0.967 bits per heavy atom. The first-order chi connectivity index (χ1) is 14.0. The number of rotatable bonds is 10. The van der Waals surface area contributed by atoms with E-state index in [2.05, 4.69) is 33.9 Å². The molecule has 1 aliphatic heterocycles. The predicted molar refractivity (Wildman–Crippen MR) is 119 cm³/mol. The lowest BCUT2D eigenvalue weighted by atomic mass is 10.00. The van der Waals surface area contributed by atoms with Crippen LogP contribution in [-0.4, -0.2) is 37.9 Å². The first-order valence-electron chi connectivity index (χ1n) is 9.99. The Bertz CT molecular complexity index is 953. The number of unbranched alkanes of at least 4 members (excludes halogenated alkanes) is 3. The van der Waals surface area contributed by atoms with Gasteiger partial charge in [-0.15, -0.1) is 12.4 Å². The van der Waals surface area contributed by atoms with Crippen molar-refractivity contribution in [3.8, 4) is 0 Å². The number of fused-ring (bicyclic) bond motifs is 1. The van der Waals surface area contributed by atoms with Gasteiger partial charge in [0, 0.05) is 25.7 Å². The van der Waals surface area contributed by atoms with Crippen LogP contribution in [0.2, 0.25) is 0 Å². The zero-order valence-electron chi connectivity index (χ0n) is 16.8. The van der Waals surface area contributed by atoms with E-state index in [1.807, 2.05) is 0 Å². The van der Waals surface area contributed by atoms with Crippen LogP contribution in [-0.2, 0) is 23.0 Å². The average Bonchev–Trinajstić information content (AvgIpc) is 2.73. The second-order valence-electron chi connectivity index (χ2n) is 7.33. The fourth-order valence-corrected chi connectivity index (χ4v) is 4.92. The molecule has 2 aromatic carbocycles. The van der Waals surface area contributed by atoms with E-state index < -0.39 is 20.6 Å². The minimum atomic E-state index is -3.87. The van der Waals surface area contributed by atoms with E-state index in [1.165, 1.54) is 35.4 Å². The Morgan fingerprint density at radius 2 is 1.63 bits per heavy atom. The molecule has 1 N–H and O–H groups in total. The number of halogens is 1. The van der Waals surface area contributed by atoms with Gasteiger partial charge in [0.15, 0.2) is 4.90 Å². The molecule has 0 unspecified atom stereocenters. The van der Waals surface area contributed by atoms with Crippen molar-refractivity contribution in [3.05, 3.63) is 69.8 Å². The normalized spacial score (nSPS) is 14.0. The Kier molecular flexibility index (Phi) is 9.23. The first kappa shape index (κ1) is 24.3. The van der Waals surface area contributed by atoms with Crippen LogP contribution in [0.4, 0.5) is 5.69 Å². The van der Waals surface area contributed by atoms with Crippen LogP contribution in [0.1, 0.15) is 36.8 Å². The van der Waals surface area contributed by atoms with Gasteiger partial charge in [0.2, 0.25) is 10.0 Å². The van der Waals surface area contributed by atoms with Gasteiger partial charge in [-0.3, -0.25) is 15.0 Å². The van der Waals surface area contributed by atoms with Crippen LogP contribution in [0.5, 0.6) is 0 Å². The van der Waals surface area contributed by atoms with Gasteiger partial charge in [0.1, 0.15) is 0 Å². The molecule has 2 aromatic rings. The third-order valence-electron chi connectivity index (χ3n) is 5.25. The van der Waals surface area contributed by atoms with Crippen LogP contribution in [0.25, 0.3) is 0 Å². The molecule has 1 aliphatic rings. The molecule has 9 heteroatoms. The molecular weight excluding hydrogens is 426 g/mol. The highest BCUT2D eigenvalue weighted by Gasteiger charge is 2.24. The highest BCUT2D eigenvalue weighted by molar-refractivity contribution is 7.89. The van der Waals surface area contributed by atoms with E-state index in [-0.39, 0.29) is 23.8 Å². The molecule has 0 radical (unpaired) electrons. The van der Waals surface area contributed by atoms with Gasteiger partial charge in [-0.05, 0) is 43.0 Å². The van der Waals surface area contributed by atoms with E-state index in [0.29, 0.717) is 6.42 Å². The van der Waals surface area contributed by atoms with Gasteiger partial charge in [-0.2, -0.15) is 0 Å². The second-order valence-corrected chi connectivity index (χ2v) is 9.07. The van der Waals surface area contributed by atoms with Crippen LogP contribution in [0.3, 0.4) is 0 Å². The van der Waals surface area contributed by atoms with Crippen molar-refractivity contribution in [1.29, 1.82) is 0 Å². The van der Waals surface area contributed by atoms with Gasteiger partial charge in [0.05, 0.1) is 4.92 Å². The van der Waals surface area contributed by atoms with Gasteiger partial charge in [0.25, 0.3) is 5.69 Å². The Balaban J connectivity index is 0.00000320. The Hall–Kier alpha value is -2.00. The number of nitro benzene ring substituents is 1.